The normalized spacial score (nSPS) is 18.6. The zero-order valence-corrected chi connectivity index (χ0v) is 17.4. The predicted octanol–water partition coefficient (Wildman–Crippen LogP) is 8.40. The van der Waals surface area contributed by atoms with Gasteiger partial charge in [0.05, 0.1) is 9.75 Å². The molecule has 0 fully saturated rings. The summed E-state index contributed by atoms with van der Waals surface area (Å²) < 4.78 is 6.75. The van der Waals surface area contributed by atoms with Crippen LogP contribution in [0, 0.1) is 0 Å². The average Bonchev–Trinajstić information content (AvgIpc) is 3.27. The van der Waals surface area contributed by atoms with Crippen molar-refractivity contribution in [2.75, 3.05) is 0 Å². The lowest BCUT2D eigenvalue weighted by Crippen LogP contribution is -2.35. The van der Waals surface area contributed by atoms with Crippen LogP contribution < -0.4 is 4.74 Å². The van der Waals surface area contributed by atoms with Gasteiger partial charge in [-0.1, -0.05) is 58.8 Å². The quantitative estimate of drug-likeness (QED) is 0.358. The van der Waals surface area contributed by atoms with Gasteiger partial charge in [0.2, 0.25) is 0 Å². The summed E-state index contributed by atoms with van der Waals surface area (Å²) >= 11 is 3.72. The Morgan fingerprint density at radius 2 is 1.36 bits per heavy atom. The van der Waals surface area contributed by atoms with E-state index >= 15 is 0 Å². The lowest BCUT2D eigenvalue weighted by molar-refractivity contribution is 0.0398. The second kappa shape index (κ2) is 9.23. The van der Waals surface area contributed by atoms with Crippen LogP contribution in [0.25, 0.3) is 9.75 Å². The number of hydrogen-bond donors (Lipinski definition) is 0. The number of thiophene rings is 2. The molecule has 1 unspecified atom stereocenters. The van der Waals surface area contributed by atoms with Crippen molar-refractivity contribution in [3.63, 3.8) is 0 Å². The van der Waals surface area contributed by atoms with E-state index in [1.54, 1.807) is 0 Å². The predicted molar refractivity (Wildman–Crippen MR) is 112 cm³/mol. The molecule has 0 aliphatic carbocycles. The molecule has 1 aliphatic heterocycles. The van der Waals surface area contributed by atoms with Gasteiger partial charge in [0.15, 0.2) is 0 Å². The van der Waals surface area contributed by atoms with Gasteiger partial charge in [-0.2, -0.15) is 0 Å². The molecule has 2 aromatic rings. The Hall–Kier alpha value is -0.800. The average molecular weight is 377 g/mol. The summed E-state index contributed by atoms with van der Waals surface area (Å²) in [6.45, 7) is 4.57. The second-order valence-corrected chi connectivity index (χ2v) is 9.18. The molecule has 0 aromatic carbocycles. The number of ether oxygens (including phenoxy) is 1. The van der Waals surface area contributed by atoms with Crippen molar-refractivity contribution in [2.24, 2.45) is 0 Å². The first kappa shape index (κ1) is 19.0. The van der Waals surface area contributed by atoms with Crippen LogP contribution in [0.1, 0.15) is 90.0 Å². The number of unbranched alkanes of at least 4 members (excludes halogenated alkanes) is 7. The fraction of sp³-hybridized carbons (Fsp3) is 0.636. The van der Waals surface area contributed by atoms with Crippen molar-refractivity contribution >= 4 is 22.7 Å². The molecule has 0 N–H and O–H groups in total. The first-order chi connectivity index (χ1) is 12.3. The Bertz CT molecular complexity index is 642. The van der Waals surface area contributed by atoms with Gasteiger partial charge in [-0.05, 0) is 48.6 Å². The van der Waals surface area contributed by atoms with Gasteiger partial charge in [0, 0.05) is 5.56 Å². The van der Waals surface area contributed by atoms with Crippen LogP contribution in [-0.2, 0) is 5.60 Å². The van der Waals surface area contributed by atoms with E-state index in [0.717, 1.165) is 5.75 Å². The SMILES string of the molecule is CCCCCCCC1(CCCCCC)Oc2ccsc2-c2sccc21. The highest BCUT2D eigenvalue weighted by molar-refractivity contribution is 7.20. The van der Waals surface area contributed by atoms with E-state index in [9.17, 15) is 0 Å². The Labute approximate surface area is 161 Å². The van der Waals surface area contributed by atoms with Crippen LogP contribution in [0.5, 0.6) is 5.75 Å². The van der Waals surface area contributed by atoms with Gasteiger partial charge < -0.3 is 4.74 Å². The Balaban J connectivity index is 1.77. The molecular formula is C22H32OS2. The monoisotopic (exact) mass is 376 g/mol. The lowest BCUT2D eigenvalue weighted by atomic mass is 9.82. The van der Waals surface area contributed by atoms with E-state index < -0.39 is 0 Å². The van der Waals surface area contributed by atoms with E-state index in [4.69, 9.17) is 4.74 Å². The topological polar surface area (TPSA) is 9.23 Å². The van der Waals surface area contributed by atoms with Gasteiger partial charge >= 0.3 is 0 Å². The number of fused-ring (bicyclic) bond motifs is 3. The van der Waals surface area contributed by atoms with Gasteiger partial charge in [-0.15, -0.1) is 22.7 Å². The molecule has 0 saturated carbocycles. The summed E-state index contributed by atoms with van der Waals surface area (Å²) in [7, 11) is 0. The van der Waals surface area contributed by atoms with Crippen LogP contribution >= 0.6 is 22.7 Å². The highest BCUT2D eigenvalue weighted by Gasteiger charge is 2.41. The van der Waals surface area contributed by atoms with E-state index in [2.05, 4.69) is 36.7 Å². The van der Waals surface area contributed by atoms with Crippen LogP contribution in [0.3, 0.4) is 0 Å². The minimum atomic E-state index is -0.0800. The van der Waals surface area contributed by atoms with Crippen LogP contribution in [-0.4, -0.2) is 0 Å². The molecule has 0 spiro atoms. The number of rotatable bonds is 11. The molecule has 0 saturated heterocycles. The standard InChI is InChI=1S/C22H32OS2/c1-3-5-7-9-11-15-22(14-10-8-6-4-2)18-12-16-24-20(18)21-19(23-22)13-17-25-21/h12-13,16-17H,3-11,14-15H2,1-2H3. The first-order valence-electron chi connectivity index (χ1n) is 10.2. The molecule has 25 heavy (non-hydrogen) atoms. The summed E-state index contributed by atoms with van der Waals surface area (Å²) in [5.41, 5.74) is 1.39. The third-order valence-corrected chi connectivity index (χ3v) is 7.39. The smallest absolute Gasteiger partial charge is 0.140 e. The Morgan fingerprint density at radius 3 is 2.08 bits per heavy atom. The molecule has 0 bridgehead atoms. The maximum atomic E-state index is 6.75. The molecule has 0 amide bonds. The maximum Gasteiger partial charge on any atom is 0.140 e. The molecule has 3 heteroatoms. The fourth-order valence-corrected chi connectivity index (χ4v) is 5.99. The third kappa shape index (κ3) is 4.31. The minimum absolute atomic E-state index is 0.0800. The zero-order valence-electron chi connectivity index (χ0n) is 15.8. The minimum Gasteiger partial charge on any atom is -0.481 e. The van der Waals surface area contributed by atoms with Gasteiger partial charge in [0.1, 0.15) is 11.4 Å². The van der Waals surface area contributed by atoms with E-state index in [1.807, 2.05) is 22.7 Å². The fourth-order valence-electron chi connectivity index (χ4n) is 4.00. The van der Waals surface area contributed by atoms with Crippen molar-refractivity contribution < 1.29 is 4.74 Å². The summed E-state index contributed by atoms with van der Waals surface area (Å²) in [4.78, 5) is 2.82. The summed E-state index contributed by atoms with van der Waals surface area (Å²) in [6, 6.07) is 4.52. The highest BCUT2D eigenvalue weighted by atomic mass is 32.1. The number of hydrogen-bond acceptors (Lipinski definition) is 3. The highest BCUT2D eigenvalue weighted by Crippen LogP contribution is 2.53. The van der Waals surface area contributed by atoms with Crippen molar-refractivity contribution in [1.29, 1.82) is 0 Å². The van der Waals surface area contributed by atoms with Crippen molar-refractivity contribution in [1.82, 2.24) is 0 Å². The Kier molecular flexibility index (Phi) is 7.00. The molecule has 2 aromatic heterocycles. The van der Waals surface area contributed by atoms with Crippen molar-refractivity contribution in [3.8, 4) is 15.5 Å². The molecule has 1 nitrogen and oxygen atoms in total. The molecule has 1 atom stereocenters. The van der Waals surface area contributed by atoms with Crippen LogP contribution in [0.15, 0.2) is 22.9 Å². The molecular weight excluding hydrogens is 344 g/mol. The van der Waals surface area contributed by atoms with Crippen molar-refractivity contribution in [2.45, 2.75) is 90.1 Å². The van der Waals surface area contributed by atoms with Crippen molar-refractivity contribution in [3.05, 3.63) is 28.5 Å². The summed E-state index contributed by atoms with van der Waals surface area (Å²) in [6.07, 6.45) is 14.2. The zero-order chi connectivity index (χ0) is 17.5. The molecule has 0 radical (unpaired) electrons. The second-order valence-electron chi connectivity index (χ2n) is 7.35. The van der Waals surface area contributed by atoms with Gasteiger partial charge in [-0.25, -0.2) is 0 Å². The Morgan fingerprint density at radius 1 is 0.760 bits per heavy atom. The largest absolute Gasteiger partial charge is 0.481 e. The van der Waals surface area contributed by atoms with Gasteiger partial charge in [-0.3, -0.25) is 0 Å². The molecule has 138 valence electrons. The molecule has 3 rings (SSSR count). The third-order valence-electron chi connectivity index (χ3n) is 5.42. The molecule has 1 aliphatic rings. The van der Waals surface area contributed by atoms with E-state index in [0.29, 0.717) is 0 Å². The van der Waals surface area contributed by atoms with E-state index in [-0.39, 0.29) is 5.60 Å². The lowest BCUT2D eigenvalue weighted by Gasteiger charge is -2.38. The van der Waals surface area contributed by atoms with Crippen LogP contribution in [0.4, 0.5) is 0 Å². The summed E-state index contributed by atoms with van der Waals surface area (Å²) in [5.74, 6) is 1.13. The molecule has 3 heterocycles. The van der Waals surface area contributed by atoms with Gasteiger partial charge in [0.25, 0.3) is 0 Å². The summed E-state index contributed by atoms with van der Waals surface area (Å²) in [5, 5.41) is 4.45. The first-order valence-corrected chi connectivity index (χ1v) is 11.9. The maximum absolute atomic E-state index is 6.75. The van der Waals surface area contributed by atoms with E-state index in [1.165, 1.54) is 85.9 Å². The van der Waals surface area contributed by atoms with Crippen LogP contribution in [0.2, 0.25) is 0 Å².